The fourth-order valence-corrected chi connectivity index (χ4v) is 3.46. The van der Waals surface area contributed by atoms with Crippen LogP contribution in [0.1, 0.15) is 18.4 Å². The number of allylic oxidation sites excluding steroid dienone is 3. The third kappa shape index (κ3) is 1.23. The largest absolute Gasteiger partial charge is 0.286 e. The second-order valence-electron chi connectivity index (χ2n) is 4.36. The van der Waals surface area contributed by atoms with Crippen molar-refractivity contribution in [3.8, 4) is 0 Å². The molecule has 2 heteroatoms. The van der Waals surface area contributed by atoms with Crippen LogP contribution in [0.2, 0.25) is 0 Å². The van der Waals surface area contributed by atoms with E-state index in [-0.39, 0.29) is 17.0 Å². The molecule has 0 radical (unpaired) electrons. The molecule has 2 atom stereocenters. The fourth-order valence-electron chi connectivity index (χ4n) is 2.45. The summed E-state index contributed by atoms with van der Waals surface area (Å²) < 4.78 is 0. The molecule has 0 N–H and O–H groups in total. The van der Waals surface area contributed by atoms with Crippen molar-refractivity contribution in [3.63, 3.8) is 0 Å². The molecule has 0 unspecified atom stereocenters. The second kappa shape index (κ2) is 3.36. The van der Waals surface area contributed by atoms with E-state index in [0.29, 0.717) is 0 Å². The maximum Gasteiger partial charge on any atom is 0.201 e. The van der Waals surface area contributed by atoms with Crippen LogP contribution in [0.5, 0.6) is 0 Å². The van der Waals surface area contributed by atoms with Crippen LogP contribution in [0.15, 0.2) is 53.0 Å². The molecule has 0 spiro atoms. The van der Waals surface area contributed by atoms with Gasteiger partial charge in [0.1, 0.15) is 0 Å². The van der Waals surface area contributed by atoms with Crippen LogP contribution < -0.4 is 0 Å². The summed E-state index contributed by atoms with van der Waals surface area (Å²) in [6, 6.07) is 8.19. The first kappa shape index (κ1) is 9.91. The van der Waals surface area contributed by atoms with Crippen LogP contribution in [0, 0.1) is 5.92 Å². The smallest absolute Gasteiger partial charge is 0.201 e. The molecule has 1 heterocycles. The molecule has 1 aromatic rings. The maximum atomic E-state index is 11.9. The van der Waals surface area contributed by atoms with Crippen LogP contribution in [0.4, 0.5) is 0 Å². The highest BCUT2D eigenvalue weighted by Crippen LogP contribution is 2.53. The molecule has 0 saturated heterocycles. The fraction of sp³-hybridized carbons (Fsp3) is 0.214. The molecule has 1 aromatic carbocycles. The Kier molecular flexibility index (Phi) is 2.08. The third-order valence-electron chi connectivity index (χ3n) is 3.28. The summed E-state index contributed by atoms with van der Waals surface area (Å²) >= 11 is 1.38. The number of benzene rings is 1. The summed E-state index contributed by atoms with van der Waals surface area (Å²) in [5.74, 6) is 0.342. The van der Waals surface area contributed by atoms with Gasteiger partial charge in [0.05, 0.1) is 5.92 Å². The van der Waals surface area contributed by atoms with Gasteiger partial charge in [0, 0.05) is 10.8 Å². The second-order valence-corrected chi connectivity index (χ2v) is 5.41. The third-order valence-corrected chi connectivity index (χ3v) is 4.35. The van der Waals surface area contributed by atoms with Gasteiger partial charge in [0.2, 0.25) is 5.12 Å². The summed E-state index contributed by atoms with van der Waals surface area (Å²) in [7, 11) is 0. The van der Waals surface area contributed by atoms with E-state index in [0.717, 1.165) is 10.5 Å². The zero-order valence-electron chi connectivity index (χ0n) is 9.07. The lowest BCUT2D eigenvalue weighted by atomic mass is 9.69. The highest BCUT2D eigenvalue weighted by molar-refractivity contribution is 8.13. The van der Waals surface area contributed by atoms with Crippen LogP contribution in [-0.4, -0.2) is 5.12 Å². The van der Waals surface area contributed by atoms with Crippen molar-refractivity contribution in [2.24, 2.45) is 5.92 Å². The van der Waals surface area contributed by atoms with E-state index in [1.54, 1.807) is 0 Å². The average molecular weight is 228 g/mol. The quantitative estimate of drug-likeness (QED) is 0.731. The Morgan fingerprint density at radius 3 is 2.88 bits per heavy atom. The first-order valence-corrected chi connectivity index (χ1v) is 6.18. The van der Waals surface area contributed by atoms with Gasteiger partial charge in [-0.05, 0) is 24.1 Å². The monoisotopic (exact) mass is 228 g/mol. The van der Waals surface area contributed by atoms with E-state index < -0.39 is 0 Å². The Morgan fingerprint density at radius 2 is 2.12 bits per heavy atom. The Morgan fingerprint density at radius 1 is 1.38 bits per heavy atom. The minimum Gasteiger partial charge on any atom is -0.286 e. The summed E-state index contributed by atoms with van der Waals surface area (Å²) in [5.41, 5.74) is 3.61. The molecule has 1 nitrogen and oxygen atoms in total. The molecule has 1 aliphatic heterocycles. The van der Waals surface area contributed by atoms with Gasteiger partial charge < -0.3 is 0 Å². The Bertz CT molecular complexity index is 527. The molecule has 0 bridgehead atoms. The van der Waals surface area contributed by atoms with E-state index in [1.807, 2.05) is 25.1 Å². The number of carbonyl (C=O) groups is 1. The number of carbonyl (C=O) groups excluding carboxylic acids is 1. The minimum atomic E-state index is 0.0756. The number of hydrogen-bond acceptors (Lipinski definition) is 2. The van der Waals surface area contributed by atoms with Crippen molar-refractivity contribution in [1.82, 2.24) is 0 Å². The van der Waals surface area contributed by atoms with Crippen molar-refractivity contribution < 1.29 is 4.79 Å². The van der Waals surface area contributed by atoms with E-state index in [1.165, 1.54) is 22.9 Å². The van der Waals surface area contributed by atoms with Crippen LogP contribution >= 0.6 is 11.8 Å². The van der Waals surface area contributed by atoms with E-state index in [9.17, 15) is 4.79 Å². The minimum absolute atomic E-state index is 0.0756. The highest BCUT2D eigenvalue weighted by atomic mass is 32.2. The molecule has 0 fully saturated rings. The number of hydrogen-bond donors (Lipinski definition) is 0. The molecule has 2 aliphatic rings. The van der Waals surface area contributed by atoms with Gasteiger partial charge in [-0.2, -0.15) is 0 Å². The van der Waals surface area contributed by atoms with Crippen molar-refractivity contribution in [2.75, 3.05) is 0 Å². The van der Waals surface area contributed by atoms with Gasteiger partial charge in [0.25, 0.3) is 0 Å². The van der Waals surface area contributed by atoms with Gasteiger partial charge >= 0.3 is 0 Å². The number of fused-ring (bicyclic) bond motifs is 3. The number of rotatable bonds is 1. The molecule has 1 aliphatic carbocycles. The van der Waals surface area contributed by atoms with Crippen molar-refractivity contribution >= 4 is 16.9 Å². The lowest BCUT2D eigenvalue weighted by Crippen LogP contribution is -2.32. The topological polar surface area (TPSA) is 17.1 Å². The van der Waals surface area contributed by atoms with Crippen molar-refractivity contribution in [1.29, 1.82) is 0 Å². The molecule has 0 aromatic heterocycles. The lowest BCUT2D eigenvalue weighted by Gasteiger charge is -2.39. The highest BCUT2D eigenvalue weighted by Gasteiger charge is 2.43. The van der Waals surface area contributed by atoms with Crippen LogP contribution in [0.3, 0.4) is 0 Å². The first-order valence-electron chi connectivity index (χ1n) is 5.36. The molecular weight excluding hydrogens is 216 g/mol. The number of thioether (sulfide) groups is 1. The SMILES string of the molecule is C=C(C)C1=C[C@@H]2C(=O)Sc3ccccc3[C@H]12. The van der Waals surface area contributed by atoms with Crippen LogP contribution in [-0.2, 0) is 4.79 Å². The average Bonchev–Trinajstić information content (AvgIpc) is 2.17. The van der Waals surface area contributed by atoms with E-state index in [2.05, 4.69) is 18.7 Å². The first-order chi connectivity index (χ1) is 7.68. The lowest BCUT2D eigenvalue weighted by molar-refractivity contribution is -0.114. The predicted molar refractivity (Wildman–Crippen MR) is 66.4 cm³/mol. The summed E-state index contributed by atoms with van der Waals surface area (Å²) in [6.45, 7) is 5.99. The molecular formula is C14H12OS. The normalized spacial score (nSPS) is 26.3. The van der Waals surface area contributed by atoms with Gasteiger partial charge in [-0.15, -0.1) is 0 Å². The molecule has 0 amide bonds. The molecule has 80 valence electrons. The van der Waals surface area contributed by atoms with Gasteiger partial charge in [-0.25, -0.2) is 0 Å². The van der Waals surface area contributed by atoms with Crippen molar-refractivity contribution in [3.05, 3.63) is 53.6 Å². The summed E-state index contributed by atoms with van der Waals surface area (Å²) in [6.07, 6.45) is 2.07. The Labute approximate surface area is 99.2 Å². The van der Waals surface area contributed by atoms with Gasteiger partial charge in [-0.3, -0.25) is 4.79 Å². The molecule has 16 heavy (non-hydrogen) atoms. The maximum absolute atomic E-state index is 11.9. The standard InChI is InChI=1S/C14H12OS/c1-8(2)10-7-11-13(10)9-5-3-4-6-12(9)16-14(11)15/h3-7,11,13H,1H2,2H3/t11-,13+/m0/s1. The Hall–Kier alpha value is -1.28. The summed E-state index contributed by atoms with van der Waals surface area (Å²) in [5, 5.41) is 0.272. The van der Waals surface area contributed by atoms with E-state index in [4.69, 9.17) is 0 Å². The predicted octanol–water partition coefficient (Wildman–Crippen LogP) is 3.53. The van der Waals surface area contributed by atoms with Crippen molar-refractivity contribution in [2.45, 2.75) is 17.7 Å². The molecule has 0 saturated carbocycles. The van der Waals surface area contributed by atoms with Gasteiger partial charge in [0.15, 0.2) is 0 Å². The summed E-state index contributed by atoms with van der Waals surface area (Å²) in [4.78, 5) is 13.0. The van der Waals surface area contributed by atoms with Crippen LogP contribution in [0.25, 0.3) is 0 Å². The Balaban J connectivity index is 2.13. The van der Waals surface area contributed by atoms with Gasteiger partial charge in [-0.1, -0.05) is 48.2 Å². The van der Waals surface area contributed by atoms with E-state index >= 15 is 0 Å². The molecule has 3 rings (SSSR count). The zero-order chi connectivity index (χ0) is 11.3. The zero-order valence-corrected chi connectivity index (χ0v) is 9.88.